The first kappa shape index (κ1) is 9.52. The zero-order valence-electron chi connectivity index (χ0n) is 7.74. The number of halogens is 1. The minimum Gasteiger partial charge on any atom is -0.333 e. The molecule has 1 aromatic heterocycles. The van der Waals surface area contributed by atoms with Crippen molar-refractivity contribution in [2.45, 2.75) is 18.9 Å². The van der Waals surface area contributed by atoms with Gasteiger partial charge < -0.3 is 4.90 Å². The second-order valence-electron chi connectivity index (χ2n) is 3.39. The number of rotatable bonds is 4. The number of aromatic amines is 1. The van der Waals surface area contributed by atoms with Crippen LogP contribution in [0.4, 0.5) is 0 Å². The summed E-state index contributed by atoms with van der Waals surface area (Å²) in [6, 6.07) is 2.08. The Hall–Kier alpha value is -1.03. The van der Waals surface area contributed by atoms with Gasteiger partial charge in [-0.25, -0.2) is 0 Å². The lowest BCUT2D eigenvalue weighted by atomic mass is 10.3. The van der Waals surface area contributed by atoms with E-state index in [4.69, 9.17) is 11.6 Å². The molecule has 0 aliphatic heterocycles. The third-order valence-corrected chi connectivity index (χ3v) is 2.47. The van der Waals surface area contributed by atoms with Crippen molar-refractivity contribution >= 4 is 17.5 Å². The van der Waals surface area contributed by atoms with Gasteiger partial charge in [-0.05, 0) is 18.9 Å². The number of carbonyl (C=O) groups excluding carboxylic acids is 1. The molecule has 14 heavy (non-hydrogen) atoms. The Morgan fingerprint density at radius 2 is 2.50 bits per heavy atom. The van der Waals surface area contributed by atoms with Crippen LogP contribution in [0.3, 0.4) is 0 Å². The maximum absolute atomic E-state index is 11.9. The van der Waals surface area contributed by atoms with E-state index in [1.54, 1.807) is 12.3 Å². The Bertz CT molecular complexity index is 308. The van der Waals surface area contributed by atoms with E-state index in [1.807, 2.05) is 4.90 Å². The topological polar surface area (TPSA) is 49.0 Å². The molecule has 1 aliphatic rings. The van der Waals surface area contributed by atoms with Crippen molar-refractivity contribution in [1.29, 1.82) is 0 Å². The summed E-state index contributed by atoms with van der Waals surface area (Å²) in [5, 5.41) is 6.43. The summed E-state index contributed by atoms with van der Waals surface area (Å²) in [5.41, 5.74) is 0.544. The molecular weight excluding hydrogens is 202 g/mol. The van der Waals surface area contributed by atoms with Gasteiger partial charge in [-0.2, -0.15) is 5.10 Å². The van der Waals surface area contributed by atoms with Gasteiger partial charge in [-0.3, -0.25) is 9.89 Å². The second kappa shape index (κ2) is 4.00. The van der Waals surface area contributed by atoms with Gasteiger partial charge in [-0.1, -0.05) is 0 Å². The summed E-state index contributed by atoms with van der Waals surface area (Å²) in [6.07, 6.45) is 3.77. The normalized spacial score (nSPS) is 15.5. The van der Waals surface area contributed by atoms with Gasteiger partial charge in [0.15, 0.2) is 0 Å². The van der Waals surface area contributed by atoms with E-state index in [0.717, 1.165) is 12.8 Å². The molecule has 0 aromatic carbocycles. The number of aromatic nitrogens is 2. The third kappa shape index (κ3) is 1.90. The highest BCUT2D eigenvalue weighted by atomic mass is 35.5. The van der Waals surface area contributed by atoms with E-state index < -0.39 is 0 Å². The molecule has 0 spiro atoms. The summed E-state index contributed by atoms with van der Waals surface area (Å²) in [7, 11) is 0. The molecule has 1 heterocycles. The molecule has 0 unspecified atom stereocenters. The van der Waals surface area contributed by atoms with Gasteiger partial charge in [-0.15, -0.1) is 11.6 Å². The van der Waals surface area contributed by atoms with Crippen molar-refractivity contribution in [2.24, 2.45) is 0 Å². The molecule has 1 amide bonds. The van der Waals surface area contributed by atoms with E-state index in [1.165, 1.54) is 0 Å². The smallest absolute Gasteiger partial charge is 0.272 e. The molecule has 0 radical (unpaired) electrons. The van der Waals surface area contributed by atoms with Crippen LogP contribution in [-0.4, -0.2) is 39.5 Å². The zero-order valence-corrected chi connectivity index (χ0v) is 8.50. The van der Waals surface area contributed by atoms with Crippen molar-refractivity contribution in [1.82, 2.24) is 15.1 Å². The first-order valence-electron chi connectivity index (χ1n) is 4.69. The fourth-order valence-electron chi connectivity index (χ4n) is 1.46. The summed E-state index contributed by atoms with van der Waals surface area (Å²) in [6.45, 7) is 0.615. The number of nitrogens with zero attached hydrogens (tertiary/aromatic N) is 2. The number of carbonyl (C=O) groups is 1. The first-order chi connectivity index (χ1) is 6.83. The number of nitrogens with one attached hydrogen (secondary N) is 1. The van der Waals surface area contributed by atoms with Gasteiger partial charge in [0.2, 0.25) is 0 Å². The largest absolute Gasteiger partial charge is 0.333 e. The van der Waals surface area contributed by atoms with Gasteiger partial charge >= 0.3 is 0 Å². The summed E-state index contributed by atoms with van der Waals surface area (Å²) < 4.78 is 0. The average Bonchev–Trinajstić information content (AvgIpc) is 2.88. The highest BCUT2D eigenvalue weighted by Gasteiger charge is 2.32. The molecule has 1 aromatic rings. The molecular formula is C9H12ClN3O. The van der Waals surface area contributed by atoms with E-state index in [2.05, 4.69) is 10.2 Å². The molecule has 76 valence electrons. The SMILES string of the molecule is O=C(c1ccn[nH]1)N(CCCl)C1CC1. The van der Waals surface area contributed by atoms with E-state index in [-0.39, 0.29) is 5.91 Å². The van der Waals surface area contributed by atoms with Crippen molar-refractivity contribution in [2.75, 3.05) is 12.4 Å². The number of H-pyrrole nitrogens is 1. The van der Waals surface area contributed by atoms with Crippen LogP contribution >= 0.6 is 11.6 Å². The Morgan fingerprint density at radius 3 is 3.00 bits per heavy atom. The van der Waals surface area contributed by atoms with E-state index >= 15 is 0 Å². The van der Waals surface area contributed by atoms with Crippen LogP contribution in [-0.2, 0) is 0 Å². The summed E-state index contributed by atoms with van der Waals surface area (Å²) in [4.78, 5) is 13.7. The second-order valence-corrected chi connectivity index (χ2v) is 3.77. The van der Waals surface area contributed by atoms with Crippen LogP contribution in [0.1, 0.15) is 23.3 Å². The fourth-order valence-corrected chi connectivity index (χ4v) is 1.64. The quantitative estimate of drug-likeness (QED) is 0.766. The highest BCUT2D eigenvalue weighted by Crippen LogP contribution is 2.27. The Balaban J connectivity index is 2.07. The highest BCUT2D eigenvalue weighted by molar-refractivity contribution is 6.18. The lowest BCUT2D eigenvalue weighted by Crippen LogP contribution is -2.34. The molecule has 1 N–H and O–H groups in total. The average molecular weight is 214 g/mol. The maximum Gasteiger partial charge on any atom is 0.272 e. The molecule has 1 aliphatic carbocycles. The maximum atomic E-state index is 11.9. The Labute approximate surface area is 87.2 Å². The molecule has 0 bridgehead atoms. The van der Waals surface area contributed by atoms with E-state index in [9.17, 15) is 4.79 Å². The molecule has 0 saturated heterocycles. The van der Waals surface area contributed by atoms with Gasteiger partial charge in [0.1, 0.15) is 5.69 Å². The summed E-state index contributed by atoms with van der Waals surface area (Å²) in [5.74, 6) is 0.488. The number of amides is 1. The molecule has 1 fully saturated rings. The number of hydrogen-bond acceptors (Lipinski definition) is 2. The summed E-state index contributed by atoms with van der Waals surface area (Å²) >= 11 is 5.65. The van der Waals surface area contributed by atoms with Gasteiger partial charge in [0.05, 0.1) is 0 Å². The predicted octanol–water partition coefficient (Wildman–Crippen LogP) is 1.25. The van der Waals surface area contributed by atoms with Crippen LogP contribution in [0.15, 0.2) is 12.3 Å². The first-order valence-corrected chi connectivity index (χ1v) is 5.22. The van der Waals surface area contributed by atoms with Gasteiger partial charge in [0, 0.05) is 24.7 Å². The van der Waals surface area contributed by atoms with Crippen molar-refractivity contribution in [3.05, 3.63) is 18.0 Å². The van der Waals surface area contributed by atoms with E-state index in [0.29, 0.717) is 24.2 Å². The Kier molecular flexibility index (Phi) is 2.72. The molecule has 1 saturated carbocycles. The molecule has 2 rings (SSSR count). The fraction of sp³-hybridized carbons (Fsp3) is 0.556. The Morgan fingerprint density at radius 1 is 1.71 bits per heavy atom. The van der Waals surface area contributed by atoms with Crippen molar-refractivity contribution < 1.29 is 4.79 Å². The van der Waals surface area contributed by atoms with Crippen molar-refractivity contribution in [3.8, 4) is 0 Å². The van der Waals surface area contributed by atoms with Crippen LogP contribution < -0.4 is 0 Å². The third-order valence-electron chi connectivity index (χ3n) is 2.31. The number of alkyl halides is 1. The van der Waals surface area contributed by atoms with Crippen LogP contribution in [0.5, 0.6) is 0 Å². The molecule has 5 heteroatoms. The van der Waals surface area contributed by atoms with Gasteiger partial charge in [0.25, 0.3) is 5.91 Å². The molecule has 4 nitrogen and oxygen atoms in total. The standard InChI is InChI=1S/C9H12ClN3O/c10-4-6-13(7-1-2-7)9(14)8-3-5-11-12-8/h3,5,7H,1-2,4,6H2,(H,11,12). The lowest BCUT2D eigenvalue weighted by molar-refractivity contribution is 0.0748. The van der Waals surface area contributed by atoms with Crippen LogP contribution in [0.25, 0.3) is 0 Å². The van der Waals surface area contributed by atoms with Crippen LogP contribution in [0, 0.1) is 0 Å². The minimum absolute atomic E-state index is 0.00523. The zero-order chi connectivity index (χ0) is 9.97. The number of hydrogen-bond donors (Lipinski definition) is 1. The van der Waals surface area contributed by atoms with Crippen molar-refractivity contribution in [3.63, 3.8) is 0 Å². The van der Waals surface area contributed by atoms with Crippen LogP contribution in [0.2, 0.25) is 0 Å². The minimum atomic E-state index is 0.00523. The monoisotopic (exact) mass is 213 g/mol. The predicted molar refractivity (Wildman–Crippen MR) is 53.4 cm³/mol. The molecule has 0 atom stereocenters. The lowest BCUT2D eigenvalue weighted by Gasteiger charge is -2.19.